The number of nitrogens with zero attached hydrogens (tertiary/aromatic N) is 2. The summed E-state index contributed by atoms with van der Waals surface area (Å²) in [6.45, 7) is 4.00. The Balaban J connectivity index is 0.00000124. The highest BCUT2D eigenvalue weighted by Gasteiger charge is 2.28. The second kappa shape index (κ2) is 9.69. The first kappa shape index (κ1) is 21.0. The highest BCUT2D eigenvalue weighted by molar-refractivity contribution is 5.82. The molecule has 0 spiro atoms. The maximum atomic E-state index is 14.1. The number of aromatic nitrogens is 2. The van der Waals surface area contributed by atoms with Gasteiger partial charge in [-0.1, -0.05) is 32.0 Å². The van der Waals surface area contributed by atoms with Crippen molar-refractivity contribution < 1.29 is 13.9 Å². The number of halogens is 1. The highest BCUT2D eigenvalue weighted by Crippen LogP contribution is 2.32. The van der Waals surface area contributed by atoms with Crippen molar-refractivity contribution in [2.24, 2.45) is 0 Å². The van der Waals surface area contributed by atoms with Crippen LogP contribution in [-0.2, 0) is 11.2 Å². The van der Waals surface area contributed by atoms with E-state index in [-0.39, 0.29) is 17.7 Å². The molecule has 3 N–H and O–H groups in total. The molecule has 2 aromatic carbocycles. The lowest BCUT2D eigenvalue weighted by Crippen LogP contribution is -2.34. The Hall–Kier alpha value is -3.68. The number of amides is 1. The maximum Gasteiger partial charge on any atom is 0.261 e. The van der Waals surface area contributed by atoms with Crippen LogP contribution in [0.4, 0.5) is 27.5 Å². The Morgan fingerprint density at radius 2 is 1.87 bits per heavy atom. The molecule has 1 aliphatic rings. The minimum Gasteiger partial charge on any atom is -0.480 e. The van der Waals surface area contributed by atoms with E-state index in [9.17, 15) is 9.18 Å². The van der Waals surface area contributed by atoms with Gasteiger partial charge in [0.25, 0.3) is 5.91 Å². The van der Waals surface area contributed by atoms with Crippen molar-refractivity contribution in [3.8, 4) is 5.75 Å². The van der Waals surface area contributed by atoms with Crippen molar-refractivity contribution in [2.75, 3.05) is 17.7 Å². The van der Waals surface area contributed by atoms with E-state index in [1.54, 1.807) is 19.2 Å². The van der Waals surface area contributed by atoms with Gasteiger partial charge in [-0.3, -0.25) is 4.79 Å². The highest BCUT2D eigenvalue weighted by atomic mass is 19.1. The SMILES string of the molecule is CC.CNC(=O)C1Cc2cc(Nc3ncc(F)c(Nc4ccccc4)n3)ccc2O1. The molecule has 2 heterocycles. The molecule has 156 valence electrons. The fourth-order valence-corrected chi connectivity index (χ4v) is 2.94. The molecule has 0 radical (unpaired) electrons. The number of rotatable bonds is 5. The van der Waals surface area contributed by atoms with Crippen molar-refractivity contribution >= 4 is 29.0 Å². The molecule has 0 saturated carbocycles. The molecular weight excluding hydrogens is 385 g/mol. The van der Waals surface area contributed by atoms with Crippen LogP contribution in [0.3, 0.4) is 0 Å². The normalized spacial score (nSPS) is 13.9. The summed E-state index contributed by atoms with van der Waals surface area (Å²) in [7, 11) is 1.58. The van der Waals surface area contributed by atoms with Crippen molar-refractivity contribution in [2.45, 2.75) is 26.4 Å². The van der Waals surface area contributed by atoms with E-state index in [1.165, 1.54) is 0 Å². The molecule has 30 heavy (non-hydrogen) atoms. The molecule has 1 unspecified atom stereocenters. The minimum atomic E-state index is -0.551. The van der Waals surface area contributed by atoms with Gasteiger partial charge in [-0.2, -0.15) is 4.98 Å². The molecule has 1 aromatic heterocycles. The van der Waals surface area contributed by atoms with Crippen LogP contribution in [-0.4, -0.2) is 29.0 Å². The van der Waals surface area contributed by atoms with Crippen molar-refractivity contribution in [1.82, 2.24) is 15.3 Å². The number of anilines is 4. The molecule has 1 aliphatic heterocycles. The van der Waals surface area contributed by atoms with Crippen LogP contribution >= 0.6 is 0 Å². The summed E-state index contributed by atoms with van der Waals surface area (Å²) in [5.41, 5.74) is 2.35. The average Bonchev–Trinajstić information content (AvgIpc) is 3.21. The molecule has 0 bridgehead atoms. The summed E-state index contributed by atoms with van der Waals surface area (Å²) < 4.78 is 19.7. The van der Waals surface area contributed by atoms with Crippen LogP contribution in [0.2, 0.25) is 0 Å². The smallest absolute Gasteiger partial charge is 0.261 e. The maximum absolute atomic E-state index is 14.1. The predicted octanol–water partition coefficient (Wildman–Crippen LogP) is 4.18. The van der Waals surface area contributed by atoms with Crippen LogP contribution < -0.4 is 20.7 Å². The number of hydrogen-bond acceptors (Lipinski definition) is 6. The molecule has 4 rings (SSSR count). The standard InChI is InChI=1S/C20H18FN5O2.C2H6/c1-22-19(27)17-10-12-9-14(7-8-16(12)28-17)25-20-23-11-15(21)18(26-20)24-13-5-3-2-4-6-13;1-2/h2-9,11,17H,10H2,1H3,(H,22,27)(H2,23,24,25,26);1-2H3. The van der Waals surface area contributed by atoms with Gasteiger partial charge in [0.1, 0.15) is 5.75 Å². The number of fused-ring (bicyclic) bond motifs is 1. The molecule has 1 atom stereocenters. The number of likely N-dealkylation sites (N-methyl/N-ethyl adjacent to an activating group) is 1. The Kier molecular flexibility index (Phi) is 6.79. The first-order chi connectivity index (χ1) is 14.6. The number of benzene rings is 2. The summed E-state index contributed by atoms with van der Waals surface area (Å²) in [4.78, 5) is 20.0. The molecule has 8 heteroatoms. The molecule has 0 saturated heterocycles. The van der Waals surface area contributed by atoms with Crippen LogP contribution in [0.5, 0.6) is 5.75 Å². The number of carbonyl (C=O) groups is 1. The zero-order valence-corrected chi connectivity index (χ0v) is 17.1. The molecule has 0 fully saturated rings. The van der Waals surface area contributed by atoms with Gasteiger partial charge < -0.3 is 20.7 Å². The molecule has 3 aromatic rings. The summed E-state index contributed by atoms with van der Waals surface area (Å²) in [6.07, 6.45) is 1.06. The van der Waals surface area contributed by atoms with Gasteiger partial charge in [-0.25, -0.2) is 9.37 Å². The lowest BCUT2D eigenvalue weighted by atomic mass is 10.1. The van der Waals surface area contributed by atoms with E-state index in [2.05, 4.69) is 25.9 Å². The Morgan fingerprint density at radius 1 is 1.10 bits per heavy atom. The van der Waals surface area contributed by atoms with E-state index in [4.69, 9.17) is 4.74 Å². The second-order valence-electron chi connectivity index (χ2n) is 6.25. The van der Waals surface area contributed by atoms with Gasteiger partial charge in [-0.05, 0) is 30.3 Å². The van der Waals surface area contributed by atoms with E-state index in [0.717, 1.165) is 23.1 Å². The topological polar surface area (TPSA) is 88.2 Å². The summed E-state index contributed by atoms with van der Waals surface area (Å²) in [5, 5.41) is 8.58. The van der Waals surface area contributed by atoms with Crippen molar-refractivity contribution in [1.29, 1.82) is 0 Å². The molecule has 1 amide bonds. The monoisotopic (exact) mass is 409 g/mol. The fourth-order valence-electron chi connectivity index (χ4n) is 2.94. The van der Waals surface area contributed by atoms with Gasteiger partial charge in [-0.15, -0.1) is 0 Å². The lowest BCUT2D eigenvalue weighted by molar-refractivity contribution is -0.126. The Morgan fingerprint density at radius 3 is 2.60 bits per heavy atom. The third-order valence-electron chi connectivity index (χ3n) is 4.31. The van der Waals surface area contributed by atoms with Gasteiger partial charge in [0.2, 0.25) is 5.95 Å². The van der Waals surface area contributed by atoms with Gasteiger partial charge in [0, 0.05) is 30.4 Å². The van der Waals surface area contributed by atoms with Gasteiger partial charge in [0.05, 0.1) is 6.20 Å². The van der Waals surface area contributed by atoms with Crippen LogP contribution in [0.15, 0.2) is 54.7 Å². The van der Waals surface area contributed by atoms with E-state index >= 15 is 0 Å². The molecule has 0 aliphatic carbocycles. The first-order valence-electron chi connectivity index (χ1n) is 9.75. The van der Waals surface area contributed by atoms with Crippen LogP contribution in [0, 0.1) is 5.82 Å². The molecule has 7 nitrogen and oxygen atoms in total. The van der Waals surface area contributed by atoms with E-state index in [0.29, 0.717) is 12.2 Å². The number of nitrogens with one attached hydrogen (secondary N) is 3. The zero-order valence-electron chi connectivity index (χ0n) is 17.1. The number of ether oxygens (including phenoxy) is 1. The summed E-state index contributed by atoms with van der Waals surface area (Å²) >= 11 is 0. The second-order valence-corrected chi connectivity index (χ2v) is 6.25. The first-order valence-corrected chi connectivity index (χ1v) is 9.75. The average molecular weight is 409 g/mol. The summed E-state index contributed by atoms with van der Waals surface area (Å²) in [5.74, 6) is 0.286. The number of hydrogen-bond donors (Lipinski definition) is 3. The van der Waals surface area contributed by atoms with Crippen molar-refractivity contribution in [3.63, 3.8) is 0 Å². The Labute approximate surface area is 174 Å². The fraction of sp³-hybridized carbons (Fsp3) is 0.227. The summed E-state index contributed by atoms with van der Waals surface area (Å²) in [6, 6.07) is 14.7. The lowest BCUT2D eigenvalue weighted by Gasteiger charge is -2.10. The largest absolute Gasteiger partial charge is 0.480 e. The number of carbonyl (C=O) groups excluding carboxylic acids is 1. The number of para-hydroxylation sites is 1. The predicted molar refractivity (Wildman–Crippen MR) is 115 cm³/mol. The van der Waals surface area contributed by atoms with Crippen molar-refractivity contribution in [3.05, 3.63) is 66.1 Å². The quantitative estimate of drug-likeness (QED) is 0.586. The van der Waals surface area contributed by atoms with Gasteiger partial charge >= 0.3 is 0 Å². The third kappa shape index (κ3) is 4.83. The van der Waals surface area contributed by atoms with Crippen LogP contribution in [0.25, 0.3) is 0 Å². The minimum absolute atomic E-state index is 0.0767. The third-order valence-corrected chi connectivity index (χ3v) is 4.31. The zero-order chi connectivity index (χ0) is 21.5. The van der Waals surface area contributed by atoms with E-state index in [1.807, 2.05) is 50.2 Å². The van der Waals surface area contributed by atoms with E-state index < -0.39 is 11.9 Å². The van der Waals surface area contributed by atoms with Crippen LogP contribution in [0.1, 0.15) is 19.4 Å². The van der Waals surface area contributed by atoms with Gasteiger partial charge in [0.15, 0.2) is 17.7 Å². The Bertz CT molecular complexity index is 1010. The molecular formula is C22H24FN5O2.